The molecule has 0 N–H and O–H groups in total. The van der Waals surface area contributed by atoms with Gasteiger partial charge in [-0.25, -0.2) is 0 Å². The molecule has 1 saturated heterocycles. The van der Waals surface area contributed by atoms with Crippen molar-refractivity contribution >= 4 is 5.91 Å². The molecule has 100 valence electrons. The summed E-state index contributed by atoms with van der Waals surface area (Å²) in [5.41, 5.74) is 0. The lowest BCUT2D eigenvalue weighted by molar-refractivity contribution is -0.132. The summed E-state index contributed by atoms with van der Waals surface area (Å²) in [6.45, 7) is 7.54. The maximum Gasteiger partial charge on any atom is 0.222 e. The van der Waals surface area contributed by atoms with Crippen LogP contribution in [0.4, 0.5) is 0 Å². The fourth-order valence-electron chi connectivity index (χ4n) is 2.52. The number of likely N-dealkylation sites (tertiary alicyclic amines) is 1. The number of nitrogens with zero attached hydrogens (tertiary/aromatic N) is 2. The third kappa shape index (κ3) is 5.07. The van der Waals surface area contributed by atoms with Gasteiger partial charge in [0.1, 0.15) is 0 Å². The topological polar surface area (TPSA) is 23.6 Å². The van der Waals surface area contributed by atoms with E-state index in [0.29, 0.717) is 12.3 Å². The standard InChI is InChI=1S/C14H28N2O/c1-12(2)13-7-10-16(11-8-13)14(17)6-5-9-15(3)4/h12-13H,5-11H2,1-4H3. The van der Waals surface area contributed by atoms with E-state index in [1.165, 1.54) is 12.8 Å². The molecule has 3 heteroatoms. The van der Waals surface area contributed by atoms with E-state index in [0.717, 1.165) is 37.9 Å². The predicted molar refractivity (Wildman–Crippen MR) is 71.9 cm³/mol. The van der Waals surface area contributed by atoms with E-state index >= 15 is 0 Å². The van der Waals surface area contributed by atoms with Crippen LogP contribution in [0.15, 0.2) is 0 Å². The Morgan fingerprint density at radius 2 is 1.88 bits per heavy atom. The molecule has 0 aliphatic carbocycles. The second-order valence-electron chi connectivity index (χ2n) is 5.87. The van der Waals surface area contributed by atoms with Crippen molar-refractivity contribution in [1.29, 1.82) is 0 Å². The first-order valence-corrected chi connectivity index (χ1v) is 6.93. The van der Waals surface area contributed by atoms with E-state index in [1.54, 1.807) is 0 Å². The summed E-state index contributed by atoms with van der Waals surface area (Å²) < 4.78 is 0. The van der Waals surface area contributed by atoms with Crippen molar-refractivity contribution in [3.63, 3.8) is 0 Å². The molecule has 0 aromatic rings. The molecule has 1 aliphatic rings. The quantitative estimate of drug-likeness (QED) is 0.735. The van der Waals surface area contributed by atoms with E-state index in [1.807, 2.05) is 0 Å². The molecular formula is C14H28N2O. The van der Waals surface area contributed by atoms with Crippen molar-refractivity contribution in [3.8, 4) is 0 Å². The molecule has 1 heterocycles. The molecule has 1 aliphatic heterocycles. The van der Waals surface area contributed by atoms with Gasteiger partial charge in [-0.15, -0.1) is 0 Å². The van der Waals surface area contributed by atoms with Crippen LogP contribution in [0.5, 0.6) is 0 Å². The van der Waals surface area contributed by atoms with E-state index in [2.05, 4.69) is 37.7 Å². The van der Waals surface area contributed by atoms with Crippen LogP contribution in [-0.4, -0.2) is 49.4 Å². The van der Waals surface area contributed by atoms with Crippen LogP contribution in [0.3, 0.4) is 0 Å². The van der Waals surface area contributed by atoms with Gasteiger partial charge in [0.05, 0.1) is 0 Å². The van der Waals surface area contributed by atoms with Crippen LogP contribution in [-0.2, 0) is 4.79 Å². The molecule has 0 bridgehead atoms. The average Bonchev–Trinajstić information content (AvgIpc) is 2.28. The Morgan fingerprint density at radius 3 is 2.35 bits per heavy atom. The van der Waals surface area contributed by atoms with Crippen LogP contribution in [0, 0.1) is 11.8 Å². The van der Waals surface area contributed by atoms with Gasteiger partial charge in [0.2, 0.25) is 5.91 Å². The van der Waals surface area contributed by atoms with Crippen LogP contribution in [0.2, 0.25) is 0 Å². The summed E-state index contributed by atoms with van der Waals surface area (Å²) in [5, 5.41) is 0. The molecule has 0 spiro atoms. The molecule has 17 heavy (non-hydrogen) atoms. The van der Waals surface area contributed by atoms with Crippen molar-refractivity contribution in [2.75, 3.05) is 33.7 Å². The Labute approximate surface area is 106 Å². The van der Waals surface area contributed by atoms with E-state index in [-0.39, 0.29) is 0 Å². The summed E-state index contributed by atoms with van der Waals surface area (Å²) in [7, 11) is 4.11. The van der Waals surface area contributed by atoms with Crippen molar-refractivity contribution in [2.24, 2.45) is 11.8 Å². The molecule has 0 radical (unpaired) electrons. The first kappa shape index (κ1) is 14.5. The fourth-order valence-corrected chi connectivity index (χ4v) is 2.52. The summed E-state index contributed by atoms with van der Waals surface area (Å²) in [5.74, 6) is 1.94. The zero-order valence-electron chi connectivity index (χ0n) is 11.9. The van der Waals surface area contributed by atoms with Gasteiger partial charge in [-0.1, -0.05) is 13.8 Å². The Balaban J connectivity index is 2.21. The fraction of sp³-hybridized carbons (Fsp3) is 0.929. The predicted octanol–water partition coefficient (Wildman–Crippen LogP) is 2.22. The Kier molecular flexibility index (Phi) is 5.96. The van der Waals surface area contributed by atoms with Gasteiger partial charge < -0.3 is 9.80 Å². The minimum absolute atomic E-state index is 0.356. The summed E-state index contributed by atoms with van der Waals surface area (Å²) in [4.78, 5) is 16.2. The van der Waals surface area contributed by atoms with Gasteiger partial charge in [0, 0.05) is 19.5 Å². The number of carbonyl (C=O) groups is 1. The smallest absolute Gasteiger partial charge is 0.222 e. The first-order chi connectivity index (χ1) is 8.00. The molecule has 1 rings (SSSR count). The molecule has 0 aromatic carbocycles. The lowest BCUT2D eigenvalue weighted by Crippen LogP contribution is -2.39. The van der Waals surface area contributed by atoms with Gasteiger partial charge in [-0.05, 0) is 51.7 Å². The van der Waals surface area contributed by atoms with Gasteiger partial charge in [0.25, 0.3) is 0 Å². The lowest BCUT2D eigenvalue weighted by atomic mass is 9.86. The maximum absolute atomic E-state index is 12.0. The number of piperidine rings is 1. The SMILES string of the molecule is CC(C)C1CCN(C(=O)CCCN(C)C)CC1. The van der Waals surface area contributed by atoms with E-state index in [9.17, 15) is 4.79 Å². The monoisotopic (exact) mass is 240 g/mol. The molecule has 1 fully saturated rings. The lowest BCUT2D eigenvalue weighted by Gasteiger charge is -2.34. The van der Waals surface area contributed by atoms with Gasteiger partial charge in [-0.3, -0.25) is 4.79 Å². The third-order valence-electron chi connectivity index (χ3n) is 3.83. The Bertz CT molecular complexity index is 230. The highest BCUT2D eigenvalue weighted by Crippen LogP contribution is 2.24. The Hall–Kier alpha value is -0.570. The maximum atomic E-state index is 12.0. The normalized spacial score (nSPS) is 18.1. The zero-order chi connectivity index (χ0) is 12.8. The van der Waals surface area contributed by atoms with Crippen molar-refractivity contribution in [1.82, 2.24) is 9.80 Å². The largest absolute Gasteiger partial charge is 0.343 e. The minimum atomic E-state index is 0.356. The molecule has 3 nitrogen and oxygen atoms in total. The van der Waals surface area contributed by atoms with Crippen LogP contribution in [0.1, 0.15) is 39.5 Å². The van der Waals surface area contributed by atoms with Crippen LogP contribution < -0.4 is 0 Å². The molecule has 0 aromatic heterocycles. The molecule has 0 saturated carbocycles. The number of rotatable bonds is 5. The summed E-state index contributed by atoms with van der Waals surface area (Å²) in [6.07, 6.45) is 4.08. The highest BCUT2D eigenvalue weighted by molar-refractivity contribution is 5.76. The highest BCUT2D eigenvalue weighted by atomic mass is 16.2. The highest BCUT2D eigenvalue weighted by Gasteiger charge is 2.23. The zero-order valence-corrected chi connectivity index (χ0v) is 11.9. The second-order valence-corrected chi connectivity index (χ2v) is 5.87. The molecular weight excluding hydrogens is 212 g/mol. The number of hydrogen-bond donors (Lipinski definition) is 0. The van der Waals surface area contributed by atoms with Gasteiger partial charge in [0.15, 0.2) is 0 Å². The van der Waals surface area contributed by atoms with E-state index in [4.69, 9.17) is 0 Å². The summed E-state index contributed by atoms with van der Waals surface area (Å²) >= 11 is 0. The minimum Gasteiger partial charge on any atom is -0.343 e. The summed E-state index contributed by atoms with van der Waals surface area (Å²) in [6, 6.07) is 0. The first-order valence-electron chi connectivity index (χ1n) is 6.93. The Morgan fingerprint density at radius 1 is 1.29 bits per heavy atom. The number of hydrogen-bond acceptors (Lipinski definition) is 2. The molecule has 1 amide bonds. The van der Waals surface area contributed by atoms with Crippen molar-refractivity contribution in [3.05, 3.63) is 0 Å². The third-order valence-corrected chi connectivity index (χ3v) is 3.83. The van der Waals surface area contributed by atoms with Crippen LogP contribution >= 0.6 is 0 Å². The van der Waals surface area contributed by atoms with Crippen molar-refractivity contribution in [2.45, 2.75) is 39.5 Å². The van der Waals surface area contributed by atoms with Crippen LogP contribution in [0.25, 0.3) is 0 Å². The number of carbonyl (C=O) groups excluding carboxylic acids is 1. The van der Waals surface area contributed by atoms with Gasteiger partial charge >= 0.3 is 0 Å². The van der Waals surface area contributed by atoms with E-state index < -0.39 is 0 Å². The molecule has 0 atom stereocenters. The average molecular weight is 240 g/mol. The molecule has 0 unspecified atom stereocenters. The van der Waals surface area contributed by atoms with Gasteiger partial charge in [-0.2, -0.15) is 0 Å². The van der Waals surface area contributed by atoms with Crippen molar-refractivity contribution < 1.29 is 4.79 Å². The number of amides is 1. The second kappa shape index (κ2) is 7.00.